The highest BCUT2D eigenvalue weighted by atomic mass is 32.2. The van der Waals surface area contributed by atoms with E-state index in [2.05, 4.69) is 0 Å². The van der Waals surface area contributed by atoms with E-state index in [1.165, 1.54) is 13.0 Å². The number of rotatable bonds is 7. The van der Waals surface area contributed by atoms with Gasteiger partial charge in [-0.25, -0.2) is 12.8 Å². The molecular weight excluding hydrogens is 404 g/mol. The van der Waals surface area contributed by atoms with Crippen molar-refractivity contribution in [2.75, 3.05) is 5.75 Å². The number of benzene rings is 2. The smallest absolute Gasteiger partial charge is 0.417 e. The van der Waals surface area contributed by atoms with Crippen LogP contribution in [0, 0.1) is 5.82 Å². The number of alkyl halides is 3. The second-order valence-electron chi connectivity index (χ2n) is 5.81. The first kappa shape index (κ1) is 21.7. The summed E-state index contributed by atoms with van der Waals surface area (Å²) in [6.07, 6.45) is -5.27. The Kier molecular flexibility index (Phi) is 6.33. The summed E-state index contributed by atoms with van der Waals surface area (Å²) in [4.78, 5) is 9.85. The molecule has 0 radical (unpaired) electrons. The summed E-state index contributed by atoms with van der Waals surface area (Å²) in [5.74, 6) is -2.86. The molecule has 0 saturated carbocycles. The Morgan fingerprint density at radius 3 is 2.39 bits per heavy atom. The van der Waals surface area contributed by atoms with Gasteiger partial charge in [-0.2, -0.15) is 13.2 Å². The quantitative estimate of drug-likeness (QED) is 0.670. The van der Waals surface area contributed by atoms with Crippen molar-refractivity contribution in [1.82, 2.24) is 0 Å². The minimum Gasteiger partial charge on any atom is -0.481 e. The molecule has 2 aromatic rings. The largest absolute Gasteiger partial charge is 0.481 e. The van der Waals surface area contributed by atoms with Crippen LogP contribution in [0.25, 0.3) is 0 Å². The van der Waals surface area contributed by atoms with Crippen molar-refractivity contribution < 1.29 is 40.6 Å². The molecule has 0 bridgehead atoms. The molecule has 1 N–H and O–H groups in total. The Bertz CT molecular complexity index is 984. The van der Waals surface area contributed by atoms with E-state index in [0.717, 1.165) is 24.3 Å². The predicted molar refractivity (Wildman–Crippen MR) is 91.6 cm³/mol. The van der Waals surface area contributed by atoms with Gasteiger partial charge in [-0.1, -0.05) is 13.0 Å². The first-order valence-corrected chi connectivity index (χ1v) is 9.71. The van der Waals surface area contributed by atoms with Crippen molar-refractivity contribution in [3.63, 3.8) is 0 Å². The fourth-order valence-electron chi connectivity index (χ4n) is 2.42. The molecule has 0 amide bonds. The molecule has 5 nitrogen and oxygen atoms in total. The Labute approximate surface area is 158 Å². The molecule has 0 saturated heterocycles. The minimum absolute atomic E-state index is 0.0284. The average molecular weight is 420 g/mol. The number of carbonyl (C=O) groups is 1. The number of sulfone groups is 1. The van der Waals surface area contributed by atoms with Crippen LogP contribution in [-0.4, -0.2) is 25.2 Å². The summed E-state index contributed by atoms with van der Waals surface area (Å²) in [6.45, 7) is 1.22. The van der Waals surface area contributed by atoms with Crippen molar-refractivity contribution in [2.24, 2.45) is 0 Å². The molecular formula is C18H16F4O5S. The molecule has 0 aliphatic rings. The van der Waals surface area contributed by atoms with Gasteiger partial charge >= 0.3 is 12.1 Å². The Morgan fingerprint density at radius 2 is 1.82 bits per heavy atom. The molecule has 0 unspecified atom stereocenters. The highest BCUT2D eigenvalue weighted by Gasteiger charge is 2.37. The number of aryl methyl sites for hydroxylation is 1. The third-order valence-electron chi connectivity index (χ3n) is 3.84. The van der Waals surface area contributed by atoms with Crippen molar-refractivity contribution in [3.8, 4) is 11.5 Å². The van der Waals surface area contributed by atoms with Crippen LogP contribution >= 0.6 is 0 Å². The van der Waals surface area contributed by atoms with Gasteiger partial charge in [0.05, 0.1) is 16.2 Å². The summed E-state index contributed by atoms with van der Waals surface area (Å²) in [5.41, 5.74) is -1.11. The second-order valence-corrected chi connectivity index (χ2v) is 8.05. The molecule has 0 aliphatic carbocycles. The van der Waals surface area contributed by atoms with Crippen LogP contribution in [-0.2, 0) is 27.2 Å². The molecule has 0 atom stereocenters. The molecule has 0 aromatic heterocycles. The Balaban J connectivity index is 2.48. The predicted octanol–water partition coefficient (Wildman–Crippen LogP) is 4.45. The summed E-state index contributed by atoms with van der Waals surface area (Å²) in [5, 5.41) is 8.77. The summed E-state index contributed by atoms with van der Waals surface area (Å²) >= 11 is 0. The molecule has 0 aliphatic heterocycles. The topological polar surface area (TPSA) is 80.7 Å². The van der Waals surface area contributed by atoms with Crippen molar-refractivity contribution in [2.45, 2.75) is 30.8 Å². The number of ether oxygens (including phenoxy) is 1. The van der Waals surface area contributed by atoms with Gasteiger partial charge in [-0.05, 0) is 36.2 Å². The lowest BCUT2D eigenvalue weighted by Crippen LogP contribution is -2.14. The fourth-order valence-corrected chi connectivity index (χ4v) is 3.52. The normalized spacial score (nSPS) is 12.0. The highest BCUT2D eigenvalue weighted by Crippen LogP contribution is 2.38. The first-order valence-electron chi connectivity index (χ1n) is 8.06. The van der Waals surface area contributed by atoms with Gasteiger partial charge in [-0.15, -0.1) is 0 Å². The van der Waals surface area contributed by atoms with E-state index in [-0.39, 0.29) is 29.9 Å². The van der Waals surface area contributed by atoms with Gasteiger partial charge in [-0.3, -0.25) is 4.79 Å². The van der Waals surface area contributed by atoms with E-state index in [0.29, 0.717) is 6.07 Å². The molecule has 2 rings (SSSR count). The molecule has 0 fully saturated rings. The Hall–Kier alpha value is -2.62. The molecule has 0 heterocycles. The number of hydrogen-bond acceptors (Lipinski definition) is 4. The third kappa shape index (κ3) is 5.22. The van der Waals surface area contributed by atoms with Crippen molar-refractivity contribution >= 4 is 15.8 Å². The van der Waals surface area contributed by atoms with Gasteiger partial charge < -0.3 is 9.84 Å². The van der Waals surface area contributed by atoms with Gasteiger partial charge in [0.2, 0.25) is 0 Å². The number of carboxylic acids is 1. The van der Waals surface area contributed by atoms with Gasteiger partial charge in [0.15, 0.2) is 9.84 Å². The highest BCUT2D eigenvalue weighted by molar-refractivity contribution is 7.91. The zero-order valence-corrected chi connectivity index (χ0v) is 15.4. The fraction of sp³-hybridized carbons (Fsp3) is 0.278. The van der Waals surface area contributed by atoms with E-state index in [1.807, 2.05) is 0 Å². The van der Waals surface area contributed by atoms with Gasteiger partial charge in [0.25, 0.3) is 0 Å². The summed E-state index contributed by atoms with van der Waals surface area (Å²) in [6, 6.07) is 5.60. The van der Waals surface area contributed by atoms with Crippen LogP contribution < -0.4 is 4.74 Å². The third-order valence-corrected chi connectivity index (χ3v) is 5.62. The molecule has 10 heteroatoms. The lowest BCUT2D eigenvalue weighted by Gasteiger charge is -2.16. The minimum atomic E-state index is -4.95. The Morgan fingerprint density at radius 1 is 1.14 bits per heavy atom. The first-order chi connectivity index (χ1) is 12.9. The summed E-state index contributed by atoms with van der Waals surface area (Å²) in [7, 11) is -4.14. The second kappa shape index (κ2) is 8.17. The van der Waals surface area contributed by atoms with E-state index < -0.39 is 44.0 Å². The monoisotopic (exact) mass is 420 g/mol. The van der Waals surface area contributed by atoms with E-state index in [1.54, 1.807) is 0 Å². The maximum atomic E-state index is 13.5. The number of halogens is 4. The molecule has 0 spiro atoms. The lowest BCUT2D eigenvalue weighted by molar-refractivity contribution is -0.140. The van der Waals surface area contributed by atoms with Crippen LogP contribution in [0.4, 0.5) is 17.6 Å². The van der Waals surface area contributed by atoms with Crippen molar-refractivity contribution in [1.29, 1.82) is 0 Å². The van der Waals surface area contributed by atoms with Crippen LogP contribution in [0.1, 0.15) is 24.5 Å². The average Bonchev–Trinajstić information content (AvgIpc) is 2.60. The van der Waals surface area contributed by atoms with E-state index in [4.69, 9.17) is 9.84 Å². The maximum absolute atomic E-state index is 13.5. The zero-order chi connectivity index (χ0) is 21.1. The standard InChI is InChI=1S/C18H16F4O5S/c1-2-28(25,26)16-7-6-13(10-14(16)18(20,21)22)27-15-9-12(19)5-3-11(15)4-8-17(23)24/h3,5-7,9-10H,2,4,8H2,1H3,(H,23,24). The van der Waals surface area contributed by atoms with E-state index >= 15 is 0 Å². The zero-order valence-electron chi connectivity index (χ0n) is 14.6. The summed E-state index contributed by atoms with van der Waals surface area (Å²) < 4.78 is 82.8. The van der Waals surface area contributed by atoms with Crippen LogP contribution in [0.15, 0.2) is 41.3 Å². The SMILES string of the molecule is CCS(=O)(=O)c1ccc(Oc2cc(F)ccc2CCC(=O)O)cc1C(F)(F)F. The van der Waals surface area contributed by atoms with Crippen molar-refractivity contribution in [3.05, 3.63) is 53.3 Å². The molecule has 2 aromatic carbocycles. The molecule has 152 valence electrons. The van der Waals surface area contributed by atoms with Gasteiger partial charge in [0.1, 0.15) is 17.3 Å². The van der Waals surface area contributed by atoms with Crippen LogP contribution in [0.5, 0.6) is 11.5 Å². The molecule has 28 heavy (non-hydrogen) atoms. The van der Waals surface area contributed by atoms with Crippen LogP contribution in [0.3, 0.4) is 0 Å². The van der Waals surface area contributed by atoms with Crippen LogP contribution in [0.2, 0.25) is 0 Å². The van der Waals surface area contributed by atoms with Gasteiger partial charge in [0, 0.05) is 12.5 Å². The van der Waals surface area contributed by atoms with E-state index in [9.17, 15) is 30.8 Å². The number of aliphatic carboxylic acids is 1. The number of carboxylic acid groups (broad SMARTS) is 1. The number of hydrogen-bond donors (Lipinski definition) is 1. The maximum Gasteiger partial charge on any atom is 0.417 e. The lowest BCUT2D eigenvalue weighted by atomic mass is 10.1.